The standard InChI is InChI=1S/C18H35N5O/c1-5-19-18(21-13-17(7-10-24)11-15(2)3)20-12-16(4)14-23-9-6-8-22-23/h6,8-9,15-17,24H,5,7,10-14H2,1-4H3,(H2,19,20,21). The van der Waals surface area contributed by atoms with Crippen molar-refractivity contribution in [3.8, 4) is 0 Å². The normalized spacial score (nSPS) is 14.7. The minimum absolute atomic E-state index is 0.244. The lowest BCUT2D eigenvalue weighted by atomic mass is 9.94. The van der Waals surface area contributed by atoms with Gasteiger partial charge >= 0.3 is 0 Å². The van der Waals surface area contributed by atoms with Crippen LogP contribution in [-0.4, -0.2) is 47.1 Å². The second-order valence-electron chi connectivity index (χ2n) is 6.94. The van der Waals surface area contributed by atoms with E-state index in [1.807, 2.05) is 16.9 Å². The quantitative estimate of drug-likeness (QED) is 0.427. The highest BCUT2D eigenvalue weighted by Crippen LogP contribution is 2.14. The molecule has 0 saturated carbocycles. The smallest absolute Gasteiger partial charge is 0.191 e. The summed E-state index contributed by atoms with van der Waals surface area (Å²) in [5, 5.41) is 20.2. The molecule has 0 saturated heterocycles. The van der Waals surface area contributed by atoms with Gasteiger partial charge in [0.25, 0.3) is 0 Å². The molecule has 0 amide bonds. The van der Waals surface area contributed by atoms with Crippen LogP contribution in [0.4, 0.5) is 0 Å². The summed E-state index contributed by atoms with van der Waals surface area (Å²) in [7, 11) is 0. The van der Waals surface area contributed by atoms with Gasteiger partial charge in [-0.1, -0.05) is 20.8 Å². The first kappa shape index (κ1) is 20.5. The van der Waals surface area contributed by atoms with Crippen LogP contribution in [0.3, 0.4) is 0 Å². The molecule has 0 aliphatic rings. The van der Waals surface area contributed by atoms with Crippen LogP contribution >= 0.6 is 0 Å². The molecule has 0 aliphatic carbocycles. The second kappa shape index (κ2) is 11.9. The van der Waals surface area contributed by atoms with Gasteiger partial charge in [0, 0.05) is 45.2 Å². The summed E-state index contributed by atoms with van der Waals surface area (Å²) in [6, 6.07) is 1.94. The maximum atomic E-state index is 9.23. The zero-order valence-electron chi connectivity index (χ0n) is 15.7. The van der Waals surface area contributed by atoms with E-state index in [2.05, 4.69) is 43.4 Å². The number of aliphatic imine (C=N–C) groups is 1. The number of hydrogen-bond acceptors (Lipinski definition) is 3. The largest absolute Gasteiger partial charge is 0.396 e. The van der Waals surface area contributed by atoms with Gasteiger partial charge in [-0.05, 0) is 43.6 Å². The predicted octanol–water partition coefficient (Wildman–Crippen LogP) is 2.12. The molecule has 138 valence electrons. The van der Waals surface area contributed by atoms with Gasteiger partial charge < -0.3 is 15.7 Å². The van der Waals surface area contributed by atoms with E-state index in [-0.39, 0.29) is 6.61 Å². The molecule has 0 aliphatic heterocycles. The molecule has 6 nitrogen and oxygen atoms in total. The molecule has 2 unspecified atom stereocenters. The third-order valence-corrected chi connectivity index (χ3v) is 3.86. The fourth-order valence-electron chi connectivity index (χ4n) is 2.77. The van der Waals surface area contributed by atoms with E-state index in [0.29, 0.717) is 17.8 Å². The maximum absolute atomic E-state index is 9.23. The average molecular weight is 338 g/mol. The van der Waals surface area contributed by atoms with E-state index in [0.717, 1.165) is 45.0 Å². The molecule has 1 heterocycles. The second-order valence-corrected chi connectivity index (χ2v) is 6.94. The minimum Gasteiger partial charge on any atom is -0.396 e. The SMILES string of the molecule is CCNC(=NCC(C)Cn1cccn1)NCC(CCO)CC(C)C. The molecule has 0 aromatic carbocycles. The van der Waals surface area contributed by atoms with Crippen molar-refractivity contribution < 1.29 is 5.11 Å². The highest BCUT2D eigenvalue weighted by atomic mass is 16.3. The van der Waals surface area contributed by atoms with E-state index in [4.69, 9.17) is 4.99 Å². The number of guanidine groups is 1. The topological polar surface area (TPSA) is 74.5 Å². The molecule has 0 fully saturated rings. The van der Waals surface area contributed by atoms with Gasteiger partial charge in [0.1, 0.15) is 0 Å². The molecule has 0 bridgehead atoms. The zero-order chi connectivity index (χ0) is 17.8. The van der Waals surface area contributed by atoms with Gasteiger partial charge in [-0.3, -0.25) is 9.67 Å². The van der Waals surface area contributed by atoms with Crippen molar-refractivity contribution in [2.45, 2.75) is 47.1 Å². The summed E-state index contributed by atoms with van der Waals surface area (Å²) in [5.74, 6) is 2.39. The van der Waals surface area contributed by atoms with Crippen LogP contribution in [0, 0.1) is 17.8 Å². The third kappa shape index (κ3) is 8.91. The van der Waals surface area contributed by atoms with Crippen molar-refractivity contribution in [3.63, 3.8) is 0 Å². The highest BCUT2D eigenvalue weighted by Gasteiger charge is 2.11. The number of aliphatic hydroxyl groups is 1. The molecule has 1 aromatic heterocycles. The van der Waals surface area contributed by atoms with E-state index < -0.39 is 0 Å². The minimum atomic E-state index is 0.244. The highest BCUT2D eigenvalue weighted by molar-refractivity contribution is 5.79. The lowest BCUT2D eigenvalue weighted by molar-refractivity contribution is 0.243. The summed E-state index contributed by atoms with van der Waals surface area (Å²) in [6.45, 7) is 12.3. The molecular formula is C18H35N5O. The van der Waals surface area contributed by atoms with Crippen molar-refractivity contribution in [3.05, 3.63) is 18.5 Å². The van der Waals surface area contributed by atoms with Crippen molar-refractivity contribution in [2.75, 3.05) is 26.2 Å². The van der Waals surface area contributed by atoms with Gasteiger partial charge in [0.05, 0.1) is 0 Å². The lowest BCUT2D eigenvalue weighted by Crippen LogP contribution is -2.40. The Labute approximate surface area is 146 Å². The summed E-state index contributed by atoms with van der Waals surface area (Å²) < 4.78 is 1.94. The Balaban J connectivity index is 2.48. The van der Waals surface area contributed by atoms with E-state index in [1.165, 1.54) is 0 Å². The Morgan fingerprint density at radius 1 is 1.29 bits per heavy atom. The van der Waals surface area contributed by atoms with Crippen LogP contribution in [0.25, 0.3) is 0 Å². The Bertz CT molecular complexity index is 444. The monoisotopic (exact) mass is 337 g/mol. The Kier molecular flexibility index (Phi) is 10.2. The van der Waals surface area contributed by atoms with Crippen LogP contribution in [0.2, 0.25) is 0 Å². The first-order valence-electron chi connectivity index (χ1n) is 9.15. The Morgan fingerprint density at radius 2 is 2.08 bits per heavy atom. The van der Waals surface area contributed by atoms with E-state index in [1.54, 1.807) is 6.20 Å². The molecule has 1 aromatic rings. The number of nitrogens with zero attached hydrogens (tertiary/aromatic N) is 3. The lowest BCUT2D eigenvalue weighted by Gasteiger charge is -2.20. The average Bonchev–Trinajstić information content (AvgIpc) is 3.02. The first-order valence-corrected chi connectivity index (χ1v) is 9.15. The number of hydrogen-bond donors (Lipinski definition) is 3. The van der Waals surface area contributed by atoms with Gasteiger partial charge in [-0.2, -0.15) is 5.10 Å². The fourth-order valence-corrected chi connectivity index (χ4v) is 2.77. The molecular weight excluding hydrogens is 302 g/mol. The van der Waals surface area contributed by atoms with Crippen molar-refractivity contribution >= 4 is 5.96 Å². The molecule has 0 radical (unpaired) electrons. The van der Waals surface area contributed by atoms with Gasteiger partial charge in [0.2, 0.25) is 0 Å². The fraction of sp³-hybridized carbons (Fsp3) is 0.778. The Morgan fingerprint density at radius 3 is 2.67 bits per heavy atom. The molecule has 0 spiro atoms. The number of nitrogens with one attached hydrogen (secondary N) is 2. The van der Waals surface area contributed by atoms with Gasteiger partial charge in [-0.15, -0.1) is 0 Å². The van der Waals surface area contributed by atoms with Crippen molar-refractivity contribution in [1.29, 1.82) is 0 Å². The first-order chi connectivity index (χ1) is 11.5. The molecule has 6 heteroatoms. The number of aromatic nitrogens is 2. The number of rotatable bonds is 11. The zero-order valence-corrected chi connectivity index (χ0v) is 15.7. The molecule has 1 rings (SSSR count). The number of aliphatic hydroxyl groups excluding tert-OH is 1. The summed E-state index contributed by atoms with van der Waals surface area (Å²) in [4.78, 5) is 4.70. The van der Waals surface area contributed by atoms with Crippen molar-refractivity contribution in [2.24, 2.45) is 22.7 Å². The van der Waals surface area contributed by atoms with Crippen LogP contribution < -0.4 is 10.6 Å². The third-order valence-electron chi connectivity index (χ3n) is 3.86. The van der Waals surface area contributed by atoms with Gasteiger partial charge in [0.15, 0.2) is 5.96 Å². The van der Waals surface area contributed by atoms with Crippen LogP contribution in [0.15, 0.2) is 23.5 Å². The predicted molar refractivity (Wildman–Crippen MR) is 100 cm³/mol. The van der Waals surface area contributed by atoms with Crippen molar-refractivity contribution in [1.82, 2.24) is 20.4 Å². The maximum Gasteiger partial charge on any atom is 0.191 e. The van der Waals surface area contributed by atoms with Crippen LogP contribution in [-0.2, 0) is 6.54 Å². The molecule has 3 N–H and O–H groups in total. The molecule has 24 heavy (non-hydrogen) atoms. The molecule has 2 atom stereocenters. The van der Waals surface area contributed by atoms with E-state index in [9.17, 15) is 5.11 Å². The van der Waals surface area contributed by atoms with Crippen LogP contribution in [0.5, 0.6) is 0 Å². The van der Waals surface area contributed by atoms with E-state index >= 15 is 0 Å². The summed E-state index contributed by atoms with van der Waals surface area (Å²) >= 11 is 0. The van der Waals surface area contributed by atoms with Gasteiger partial charge in [-0.25, -0.2) is 0 Å². The summed E-state index contributed by atoms with van der Waals surface area (Å²) in [6.07, 6.45) is 5.73. The Hall–Kier alpha value is -1.56. The van der Waals surface area contributed by atoms with Crippen LogP contribution in [0.1, 0.15) is 40.5 Å². The summed E-state index contributed by atoms with van der Waals surface area (Å²) in [5.41, 5.74) is 0.